The van der Waals surface area contributed by atoms with E-state index in [4.69, 9.17) is 9.47 Å². The minimum Gasteiger partial charge on any atom is -0.497 e. The molecular weight excluding hydrogens is 408 g/mol. The standard InChI is InChI=1S/C25H20N2O5/c1-31-17-9-5-7-15(13-17)21-22(25(30)26(21)16-8-6-10-18(14-16)32-2)27-23(28)19-11-3-4-12-20(19)24(27)29/h3-14,21-22H,1-2H3/t21-,22+/m1/s1. The van der Waals surface area contributed by atoms with Crippen molar-refractivity contribution in [3.05, 3.63) is 89.5 Å². The number of rotatable bonds is 5. The van der Waals surface area contributed by atoms with Crippen LogP contribution < -0.4 is 14.4 Å². The van der Waals surface area contributed by atoms with Gasteiger partial charge in [-0.3, -0.25) is 19.3 Å². The summed E-state index contributed by atoms with van der Waals surface area (Å²) in [5.41, 5.74) is 2.01. The molecule has 5 rings (SSSR count). The van der Waals surface area contributed by atoms with Crippen molar-refractivity contribution in [2.45, 2.75) is 12.1 Å². The maximum absolute atomic E-state index is 13.4. The van der Waals surface area contributed by atoms with Gasteiger partial charge in [-0.1, -0.05) is 30.3 Å². The molecule has 3 aromatic rings. The summed E-state index contributed by atoms with van der Waals surface area (Å²) in [6.07, 6.45) is 0. The van der Waals surface area contributed by atoms with Crippen molar-refractivity contribution < 1.29 is 23.9 Å². The van der Waals surface area contributed by atoms with Crippen LogP contribution in [0.5, 0.6) is 11.5 Å². The molecule has 7 heteroatoms. The van der Waals surface area contributed by atoms with Gasteiger partial charge in [0.15, 0.2) is 0 Å². The Morgan fingerprint density at radius 2 is 1.25 bits per heavy atom. The largest absolute Gasteiger partial charge is 0.497 e. The fraction of sp³-hybridized carbons (Fsp3) is 0.160. The van der Waals surface area contributed by atoms with E-state index >= 15 is 0 Å². The summed E-state index contributed by atoms with van der Waals surface area (Å²) in [5, 5.41) is 0. The number of methoxy groups -OCH3 is 2. The van der Waals surface area contributed by atoms with Gasteiger partial charge in [-0.05, 0) is 42.0 Å². The highest BCUT2D eigenvalue weighted by molar-refractivity contribution is 6.24. The summed E-state index contributed by atoms with van der Waals surface area (Å²) in [6, 6.07) is 19.5. The Bertz CT molecular complexity index is 1220. The number of β-lactam (4-membered cyclic amide) rings is 1. The lowest BCUT2D eigenvalue weighted by atomic mass is 9.86. The summed E-state index contributed by atoms with van der Waals surface area (Å²) in [5.74, 6) is -0.0257. The summed E-state index contributed by atoms with van der Waals surface area (Å²) >= 11 is 0. The first-order valence-corrected chi connectivity index (χ1v) is 10.1. The van der Waals surface area contributed by atoms with Gasteiger partial charge in [0.05, 0.1) is 31.4 Å². The van der Waals surface area contributed by atoms with Gasteiger partial charge in [-0.2, -0.15) is 0 Å². The molecule has 0 saturated carbocycles. The van der Waals surface area contributed by atoms with Crippen molar-refractivity contribution in [2.75, 3.05) is 19.1 Å². The minimum absolute atomic E-state index is 0.314. The second-order valence-corrected chi connectivity index (χ2v) is 7.60. The molecule has 160 valence electrons. The number of nitrogens with zero attached hydrogens (tertiary/aromatic N) is 2. The number of carbonyl (C=O) groups is 3. The van der Waals surface area contributed by atoms with Crippen molar-refractivity contribution in [3.8, 4) is 11.5 Å². The van der Waals surface area contributed by atoms with Gasteiger partial charge in [0.2, 0.25) is 0 Å². The van der Waals surface area contributed by atoms with Crippen LogP contribution in [-0.2, 0) is 4.79 Å². The predicted octanol–water partition coefficient (Wildman–Crippen LogP) is 3.46. The van der Waals surface area contributed by atoms with E-state index in [1.165, 1.54) is 0 Å². The molecule has 0 bridgehead atoms. The normalized spacial score (nSPS) is 19.6. The van der Waals surface area contributed by atoms with Crippen molar-refractivity contribution in [1.82, 2.24) is 4.90 Å². The van der Waals surface area contributed by atoms with Gasteiger partial charge < -0.3 is 14.4 Å². The molecule has 2 heterocycles. The lowest BCUT2D eigenvalue weighted by Gasteiger charge is -2.49. The average molecular weight is 428 g/mol. The van der Waals surface area contributed by atoms with Crippen molar-refractivity contribution in [1.29, 1.82) is 0 Å². The zero-order valence-electron chi connectivity index (χ0n) is 17.5. The molecule has 0 N–H and O–H groups in total. The molecule has 32 heavy (non-hydrogen) atoms. The SMILES string of the molecule is COc1cccc([C@@H]2[C@H](N3C(=O)c4ccccc4C3=O)C(=O)N2c2cccc(OC)c2)c1. The third-order valence-corrected chi connectivity index (χ3v) is 5.94. The predicted molar refractivity (Wildman–Crippen MR) is 117 cm³/mol. The van der Waals surface area contributed by atoms with Crippen LogP contribution in [0.2, 0.25) is 0 Å². The maximum Gasteiger partial charge on any atom is 0.262 e. The van der Waals surface area contributed by atoms with Gasteiger partial charge in [-0.15, -0.1) is 0 Å². The summed E-state index contributed by atoms with van der Waals surface area (Å²) in [6.45, 7) is 0. The topological polar surface area (TPSA) is 76.2 Å². The Morgan fingerprint density at radius 3 is 1.88 bits per heavy atom. The van der Waals surface area contributed by atoms with E-state index in [1.807, 2.05) is 18.2 Å². The van der Waals surface area contributed by atoms with E-state index < -0.39 is 23.9 Å². The van der Waals surface area contributed by atoms with Crippen LogP contribution in [0.3, 0.4) is 0 Å². The molecule has 1 fully saturated rings. The Hall–Kier alpha value is -4.13. The quantitative estimate of drug-likeness (QED) is 0.460. The number of amides is 3. The number of anilines is 1. The lowest BCUT2D eigenvalue weighted by Crippen LogP contribution is -2.67. The molecule has 0 aliphatic carbocycles. The first-order chi connectivity index (χ1) is 15.5. The number of fused-ring (bicyclic) bond motifs is 1. The number of ether oxygens (including phenoxy) is 2. The van der Waals surface area contributed by atoms with E-state index in [0.717, 1.165) is 10.5 Å². The molecule has 0 spiro atoms. The number of carbonyl (C=O) groups excluding carboxylic acids is 3. The fourth-order valence-electron chi connectivity index (χ4n) is 4.39. The van der Waals surface area contributed by atoms with Crippen LogP contribution in [0.4, 0.5) is 5.69 Å². The van der Waals surface area contributed by atoms with Gasteiger partial charge in [0.25, 0.3) is 17.7 Å². The second kappa shape index (κ2) is 7.53. The molecule has 2 atom stereocenters. The van der Waals surface area contributed by atoms with E-state index in [0.29, 0.717) is 28.3 Å². The second-order valence-electron chi connectivity index (χ2n) is 7.60. The molecular formula is C25H20N2O5. The Morgan fingerprint density at radius 1 is 0.656 bits per heavy atom. The number of imide groups is 1. The number of hydrogen-bond acceptors (Lipinski definition) is 5. The smallest absolute Gasteiger partial charge is 0.262 e. The molecule has 3 amide bonds. The zero-order valence-corrected chi connectivity index (χ0v) is 17.5. The maximum atomic E-state index is 13.4. The van der Waals surface area contributed by atoms with Crippen molar-refractivity contribution in [2.24, 2.45) is 0 Å². The van der Waals surface area contributed by atoms with Gasteiger partial charge >= 0.3 is 0 Å². The molecule has 2 aliphatic rings. The molecule has 3 aromatic carbocycles. The zero-order chi connectivity index (χ0) is 22.4. The minimum atomic E-state index is -0.958. The van der Waals surface area contributed by atoms with Crippen LogP contribution in [-0.4, -0.2) is 42.9 Å². The monoisotopic (exact) mass is 428 g/mol. The Balaban J connectivity index is 1.60. The summed E-state index contributed by atoms with van der Waals surface area (Å²) in [4.78, 5) is 42.4. The van der Waals surface area contributed by atoms with E-state index in [1.54, 1.807) is 73.7 Å². The van der Waals surface area contributed by atoms with Gasteiger partial charge in [0.1, 0.15) is 17.5 Å². The van der Waals surface area contributed by atoms with Crippen LogP contribution in [0.15, 0.2) is 72.8 Å². The fourth-order valence-corrected chi connectivity index (χ4v) is 4.39. The molecule has 0 radical (unpaired) electrons. The van der Waals surface area contributed by atoms with Crippen molar-refractivity contribution >= 4 is 23.4 Å². The van der Waals surface area contributed by atoms with Crippen LogP contribution in [0.25, 0.3) is 0 Å². The van der Waals surface area contributed by atoms with Crippen LogP contribution in [0.1, 0.15) is 32.3 Å². The summed E-state index contributed by atoms with van der Waals surface area (Å²) < 4.78 is 10.7. The van der Waals surface area contributed by atoms with E-state index in [9.17, 15) is 14.4 Å². The highest BCUT2D eigenvalue weighted by Crippen LogP contribution is 2.45. The summed E-state index contributed by atoms with van der Waals surface area (Å²) in [7, 11) is 3.12. The Labute approximate surface area is 184 Å². The third-order valence-electron chi connectivity index (χ3n) is 5.94. The first-order valence-electron chi connectivity index (χ1n) is 10.1. The molecule has 1 saturated heterocycles. The number of hydrogen-bond donors (Lipinski definition) is 0. The van der Waals surface area contributed by atoms with Crippen LogP contribution in [0, 0.1) is 0 Å². The molecule has 0 aromatic heterocycles. The highest BCUT2D eigenvalue weighted by atomic mass is 16.5. The van der Waals surface area contributed by atoms with E-state index in [-0.39, 0.29) is 5.91 Å². The first kappa shape index (κ1) is 19.8. The lowest BCUT2D eigenvalue weighted by molar-refractivity contribution is -0.130. The van der Waals surface area contributed by atoms with Crippen LogP contribution >= 0.6 is 0 Å². The van der Waals surface area contributed by atoms with Gasteiger partial charge in [0, 0.05) is 11.8 Å². The molecule has 2 aliphatic heterocycles. The van der Waals surface area contributed by atoms with Crippen molar-refractivity contribution in [3.63, 3.8) is 0 Å². The molecule has 7 nitrogen and oxygen atoms in total. The average Bonchev–Trinajstić information content (AvgIpc) is 3.08. The Kier molecular flexibility index (Phi) is 4.66. The van der Waals surface area contributed by atoms with E-state index in [2.05, 4.69) is 0 Å². The number of benzene rings is 3. The van der Waals surface area contributed by atoms with Gasteiger partial charge in [-0.25, -0.2) is 0 Å². The molecule has 0 unspecified atom stereocenters. The highest BCUT2D eigenvalue weighted by Gasteiger charge is 2.57. The third kappa shape index (κ3) is 2.85.